The molecule has 1 atom stereocenters. The zero-order valence-corrected chi connectivity index (χ0v) is 15.9. The van der Waals surface area contributed by atoms with Crippen molar-refractivity contribution in [1.29, 1.82) is 0 Å². The Kier molecular flexibility index (Phi) is 6.89. The van der Waals surface area contributed by atoms with E-state index in [1.165, 1.54) is 6.07 Å². The van der Waals surface area contributed by atoms with Gasteiger partial charge in [-0.05, 0) is 57.2 Å². The second-order valence-corrected chi connectivity index (χ2v) is 7.28. The predicted molar refractivity (Wildman–Crippen MR) is 102 cm³/mol. The van der Waals surface area contributed by atoms with Gasteiger partial charge >= 0.3 is 0 Å². The van der Waals surface area contributed by atoms with E-state index >= 15 is 0 Å². The van der Waals surface area contributed by atoms with Gasteiger partial charge in [0.15, 0.2) is 0 Å². The quantitative estimate of drug-likeness (QED) is 0.764. The number of benzene rings is 2. The van der Waals surface area contributed by atoms with Crippen LogP contribution in [0.3, 0.4) is 0 Å². The summed E-state index contributed by atoms with van der Waals surface area (Å²) < 4.78 is 11.7. The number of phenols is 1. The average molecular weight is 378 g/mol. The monoisotopic (exact) mass is 377 g/mol. The van der Waals surface area contributed by atoms with E-state index in [1.807, 2.05) is 20.8 Å². The highest BCUT2D eigenvalue weighted by molar-refractivity contribution is 6.30. The summed E-state index contributed by atoms with van der Waals surface area (Å²) in [5.41, 5.74) is -0.113. The van der Waals surface area contributed by atoms with E-state index in [-0.39, 0.29) is 29.4 Å². The van der Waals surface area contributed by atoms with Crippen LogP contribution in [0.2, 0.25) is 5.02 Å². The van der Waals surface area contributed by atoms with Crippen LogP contribution in [0.1, 0.15) is 31.1 Å². The van der Waals surface area contributed by atoms with E-state index < -0.39 is 6.10 Å². The van der Waals surface area contributed by atoms with Crippen LogP contribution in [0.5, 0.6) is 11.5 Å². The highest BCUT2D eigenvalue weighted by Crippen LogP contribution is 2.18. The van der Waals surface area contributed by atoms with Gasteiger partial charge in [-0.1, -0.05) is 23.7 Å². The first-order chi connectivity index (χ1) is 12.2. The normalized spacial score (nSPS) is 12.5. The van der Waals surface area contributed by atoms with Crippen molar-refractivity contribution in [2.24, 2.45) is 0 Å². The maximum atomic E-state index is 12.3. The number of carbonyl (C=O) groups is 1. The van der Waals surface area contributed by atoms with Crippen molar-refractivity contribution in [3.63, 3.8) is 0 Å². The van der Waals surface area contributed by atoms with Crippen LogP contribution in [-0.4, -0.2) is 35.9 Å². The van der Waals surface area contributed by atoms with Crippen LogP contribution < -0.4 is 10.1 Å². The lowest BCUT2D eigenvalue weighted by Crippen LogP contribution is -2.40. The molecule has 1 amide bonds. The number of phenolic OH excluding ortho intramolecular Hbond substituents is 1. The fraction of sp³-hybridized carbons (Fsp3) is 0.350. The summed E-state index contributed by atoms with van der Waals surface area (Å²) in [7, 11) is 0. The van der Waals surface area contributed by atoms with E-state index in [4.69, 9.17) is 21.1 Å². The smallest absolute Gasteiger partial charge is 0.255 e. The minimum Gasteiger partial charge on any atom is -0.507 e. The lowest BCUT2D eigenvalue weighted by molar-refractivity contribution is -0.0408. The lowest BCUT2D eigenvalue weighted by Gasteiger charge is -2.25. The first-order valence-electron chi connectivity index (χ1n) is 8.37. The molecule has 0 radical (unpaired) electrons. The molecule has 0 aromatic heterocycles. The summed E-state index contributed by atoms with van der Waals surface area (Å²) in [6.07, 6.45) is -0.398. The maximum absolute atomic E-state index is 12.3. The number of hydrogen-bond donors (Lipinski definition) is 2. The summed E-state index contributed by atoms with van der Waals surface area (Å²) in [5, 5.41) is 13.2. The van der Waals surface area contributed by atoms with Gasteiger partial charge in [-0.15, -0.1) is 0 Å². The number of para-hydroxylation sites is 1. The predicted octanol–water partition coefficient (Wildman–Crippen LogP) is 4.04. The van der Waals surface area contributed by atoms with Crippen molar-refractivity contribution in [3.8, 4) is 11.5 Å². The highest BCUT2D eigenvalue weighted by Gasteiger charge is 2.19. The van der Waals surface area contributed by atoms with Crippen LogP contribution >= 0.6 is 11.6 Å². The third-order valence-corrected chi connectivity index (χ3v) is 3.71. The van der Waals surface area contributed by atoms with Crippen molar-refractivity contribution in [3.05, 3.63) is 59.1 Å². The summed E-state index contributed by atoms with van der Waals surface area (Å²) in [6, 6.07) is 13.4. The number of hydrogen-bond acceptors (Lipinski definition) is 4. The molecule has 140 valence electrons. The van der Waals surface area contributed by atoms with Crippen molar-refractivity contribution in [2.75, 3.05) is 13.2 Å². The summed E-state index contributed by atoms with van der Waals surface area (Å²) in [4.78, 5) is 12.3. The molecule has 0 unspecified atom stereocenters. The molecule has 6 heteroatoms. The fourth-order valence-electron chi connectivity index (χ4n) is 2.15. The second kappa shape index (κ2) is 8.92. The number of aromatic hydroxyl groups is 1. The lowest BCUT2D eigenvalue weighted by atomic mass is 10.2. The molecule has 0 aliphatic rings. The van der Waals surface area contributed by atoms with Crippen molar-refractivity contribution < 1.29 is 19.4 Å². The SMILES string of the molecule is CC(C)(C)OC[C@H](CNC(=O)c1ccccc1O)Oc1ccc(Cl)cc1. The van der Waals surface area contributed by atoms with Gasteiger partial charge in [-0.25, -0.2) is 0 Å². The van der Waals surface area contributed by atoms with E-state index in [2.05, 4.69) is 5.32 Å². The highest BCUT2D eigenvalue weighted by atomic mass is 35.5. The molecule has 2 aromatic carbocycles. The molecule has 0 saturated carbocycles. The Morgan fingerprint density at radius 2 is 1.81 bits per heavy atom. The topological polar surface area (TPSA) is 67.8 Å². The van der Waals surface area contributed by atoms with E-state index in [0.717, 1.165) is 0 Å². The van der Waals surface area contributed by atoms with Crippen LogP contribution in [0.4, 0.5) is 0 Å². The second-order valence-electron chi connectivity index (χ2n) is 6.84. The first-order valence-corrected chi connectivity index (χ1v) is 8.75. The molecule has 5 nitrogen and oxygen atoms in total. The largest absolute Gasteiger partial charge is 0.507 e. The molecule has 2 rings (SSSR count). The van der Waals surface area contributed by atoms with Gasteiger partial charge in [0.1, 0.15) is 17.6 Å². The molecular weight excluding hydrogens is 354 g/mol. The van der Waals surface area contributed by atoms with E-state index in [1.54, 1.807) is 42.5 Å². The summed E-state index contributed by atoms with van der Waals surface area (Å²) >= 11 is 5.89. The van der Waals surface area contributed by atoms with E-state index in [0.29, 0.717) is 17.4 Å². The first kappa shape index (κ1) is 20.1. The number of halogens is 1. The van der Waals surface area contributed by atoms with Crippen LogP contribution in [0.15, 0.2) is 48.5 Å². The Hall–Kier alpha value is -2.24. The number of ether oxygens (including phenoxy) is 2. The molecule has 0 aliphatic carbocycles. The molecule has 0 fully saturated rings. The van der Waals surface area contributed by atoms with Crippen LogP contribution in [0.25, 0.3) is 0 Å². The number of amides is 1. The van der Waals surface area contributed by atoms with Gasteiger partial charge in [0.25, 0.3) is 5.91 Å². The van der Waals surface area contributed by atoms with Gasteiger partial charge in [0.05, 0.1) is 24.3 Å². The van der Waals surface area contributed by atoms with Gasteiger partial charge in [0, 0.05) is 5.02 Å². The molecule has 0 aliphatic heterocycles. The molecule has 26 heavy (non-hydrogen) atoms. The van der Waals surface area contributed by atoms with Crippen LogP contribution in [-0.2, 0) is 4.74 Å². The Labute approximate surface area is 158 Å². The third kappa shape index (κ3) is 6.58. The number of nitrogens with one attached hydrogen (secondary N) is 1. The van der Waals surface area contributed by atoms with Crippen molar-refractivity contribution >= 4 is 17.5 Å². The molecule has 0 spiro atoms. The average Bonchev–Trinajstić information content (AvgIpc) is 2.58. The molecule has 2 aromatic rings. The number of carbonyl (C=O) groups excluding carboxylic acids is 1. The molecular formula is C20H24ClNO4. The van der Waals surface area contributed by atoms with Gasteiger partial charge in [0.2, 0.25) is 0 Å². The Bertz CT molecular complexity index is 725. The zero-order chi connectivity index (χ0) is 19.2. The minimum absolute atomic E-state index is 0.0638. The molecule has 0 bridgehead atoms. The van der Waals surface area contributed by atoms with Crippen molar-refractivity contribution in [1.82, 2.24) is 5.32 Å². The van der Waals surface area contributed by atoms with Crippen molar-refractivity contribution in [2.45, 2.75) is 32.5 Å². The zero-order valence-electron chi connectivity index (χ0n) is 15.2. The maximum Gasteiger partial charge on any atom is 0.255 e. The third-order valence-electron chi connectivity index (χ3n) is 3.46. The van der Waals surface area contributed by atoms with Gasteiger partial charge in [-0.3, -0.25) is 4.79 Å². The Balaban J connectivity index is 2.01. The molecule has 0 heterocycles. The summed E-state index contributed by atoms with van der Waals surface area (Å²) in [5.74, 6) is 0.198. The molecule has 2 N–H and O–H groups in total. The molecule has 0 saturated heterocycles. The Morgan fingerprint density at radius 3 is 2.42 bits per heavy atom. The minimum atomic E-state index is -0.398. The van der Waals surface area contributed by atoms with Gasteiger partial charge < -0.3 is 19.9 Å². The van der Waals surface area contributed by atoms with E-state index in [9.17, 15) is 9.90 Å². The van der Waals surface area contributed by atoms with Crippen LogP contribution in [0, 0.1) is 0 Å². The van der Waals surface area contributed by atoms with Gasteiger partial charge in [-0.2, -0.15) is 0 Å². The standard InChI is InChI=1S/C20H24ClNO4/c1-20(2,3)25-13-16(26-15-10-8-14(21)9-11-15)12-22-19(24)17-6-4-5-7-18(17)23/h4-11,16,23H,12-13H2,1-3H3,(H,22,24)/t16-/m0/s1. The summed E-state index contributed by atoms with van der Waals surface area (Å²) in [6.45, 7) is 6.38. The Morgan fingerprint density at radius 1 is 1.15 bits per heavy atom. The number of rotatable bonds is 7. The fourth-order valence-corrected chi connectivity index (χ4v) is 2.28.